The summed E-state index contributed by atoms with van der Waals surface area (Å²) in [4.78, 5) is 10.4. The summed E-state index contributed by atoms with van der Waals surface area (Å²) in [6.07, 6.45) is 3.28. The van der Waals surface area contributed by atoms with E-state index in [-0.39, 0.29) is 6.61 Å². The molecule has 0 fully saturated rings. The van der Waals surface area contributed by atoms with Gasteiger partial charge in [0.15, 0.2) is 0 Å². The van der Waals surface area contributed by atoms with Gasteiger partial charge in [-0.2, -0.15) is 0 Å². The van der Waals surface area contributed by atoms with Crippen molar-refractivity contribution in [1.29, 1.82) is 0 Å². The Bertz CT molecular complexity index is 457. The second-order valence-electron chi connectivity index (χ2n) is 4.23. The van der Waals surface area contributed by atoms with Crippen molar-refractivity contribution >= 4 is 12.0 Å². The molecule has 1 N–H and O–H groups in total. The van der Waals surface area contributed by atoms with Crippen LogP contribution < -0.4 is 0 Å². The quantitative estimate of drug-likeness (QED) is 0.559. The number of halogens is 1. The van der Waals surface area contributed by atoms with Gasteiger partial charge in [-0.15, -0.1) is 0 Å². The fourth-order valence-corrected chi connectivity index (χ4v) is 1.58. The lowest BCUT2D eigenvalue weighted by Crippen LogP contribution is -2.05. The molecule has 0 aliphatic heterocycles. The molecule has 0 saturated carbocycles. The van der Waals surface area contributed by atoms with Gasteiger partial charge in [0.1, 0.15) is 5.82 Å². The normalized spacial score (nSPS) is 11.1. The van der Waals surface area contributed by atoms with Crippen molar-refractivity contribution in [3.05, 3.63) is 41.2 Å². The van der Waals surface area contributed by atoms with E-state index in [9.17, 15) is 9.18 Å². The molecule has 0 aromatic heterocycles. The fourth-order valence-electron chi connectivity index (χ4n) is 1.58. The van der Waals surface area contributed by atoms with Crippen LogP contribution in [-0.2, 0) is 20.9 Å². The van der Waals surface area contributed by atoms with E-state index < -0.39 is 11.8 Å². The van der Waals surface area contributed by atoms with Crippen molar-refractivity contribution in [2.24, 2.45) is 0 Å². The minimum atomic E-state index is -1.07. The summed E-state index contributed by atoms with van der Waals surface area (Å²) in [5.41, 5.74) is 1.15. The molecule has 0 unspecified atom stereocenters. The smallest absolute Gasteiger partial charge is 0.328 e. The van der Waals surface area contributed by atoms with E-state index in [1.165, 1.54) is 18.2 Å². The molecule has 0 heterocycles. The summed E-state index contributed by atoms with van der Waals surface area (Å²) in [6.45, 7) is 3.94. The Morgan fingerprint density at radius 3 is 2.70 bits per heavy atom. The third kappa shape index (κ3) is 7.01. The van der Waals surface area contributed by atoms with Crippen LogP contribution in [0.25, 0.3) is 6.08 Å². The lowest BCUT2D eigenvalue weighted by Gasteiger charge is -2.06. The Balaban J connectivity index is 2.47. The van der Waals surface area contributed by atoms with Crippen LogP contribution in [0.5, 0.6) is 0 Å². The summed E-state index contributed by atoms with van der Waals surface area (Å²) in [5.74, 6) is -1.49. The largest absolute Gasteiger partial charge is 0.478 e. The fraction of sp³-hybridized carbons (Fsp3) is 0.400. The third-order valence-electron chi connectivity index (χ3n) is 2.39. The van der Waals surface area contributed by atoms with Crippen molar-refractivity contribution in [3.8, 4) is 0 Å². The lowest BCUT2D eigenvalue weighted by atomic mass is 10.1. The summed E-state index contributed by atoms with van der Waals surface area (Å²) in [6, 6.07) is 4.33. The molecule has 0 aliphatic rings. The highest BCUT2D eigenvalue weighted by Crippen LogP contribution is 2.12. The van der Waals surface area contributed by atoms with Gasteiger partial charge in [-0.1, -0.05) is 6.92 Å². The molecule has 0 atom stereocenters. The third-order valence-corrected chi connectivity index (χ3v) is 2.39. The van der Waals surface area contributed by atoms with E-state index in [2.05, 4.69) is 0 Å². The summed E-state index contributed by atoms with van der Waals surface area (Å²) >= 11 is 0. The average molecular weight is 282 g/mol. The number of carbonyl (C=O) groups is 1. The van der Waals surface area contributed by atoms with Crippen LogP contribution in [-0.4, -0.2) is 30.9 Å². The van der Waals surface area contributed by atoms with Crippen molar-refractivity contribution in [1.82, 2.24) is 0 Å². The predicted molar refractivity (Wildman–Crippen MR) is 73.8 cm³/mol. The first-order valence-electron chi connectivity index (χ1n) is 6.47. The number of carboxylic acids is 1. The van der Waals surface area contributed by atoms with Gasteiger partial charge in [-0.25, -0.2) is 9.18 Å². The molecule has 1 aromatic carbocycles. The van der Waals surface area contributed by atoms with Crippen LogP contribution in [0.3, 0.4) is 0 Å². The van der Waals surface area contributed by atoms with Gasteiger partial charge in [0.2, 0.25) is 0 Å². The van der Waals surface area contributed by atoms with Crippen LogP contribution in [0.4, 0.5) is 4.39 Å². The van der Waals surface area contributed by atoms with Crippen LogP contribution in [0, 0.1) is 5.82 Å². The average Bonchev–Trinajstić information content (AvgIpc) is 2.40. The van der Waals surface area contributed by atoms with E-state index in [4.69, 9.17) is 14.6 Å². The number of benzene rings is 1. The molecule has 110 valence electrons. The Morgan fingerprint density at radius 2 is 2.00 bits per heavy atom. The summed E-state index contributed by atoms with van der Waals surface area (Å²) in [7, 11) is 0. The minimum absolute atomic E-state index is 0.265. The van der Waals surface area contributed by atoms with Crippen molar-refractivity contribution in [2.75, 3.05) is 19.8 Å². The van der Waals surface area contributed by atoms with Crippen molar-refractivity contribution in [3.63, 3.8) is 0 Å². The molecule has 0 bridgehead atoms. The number of ether oxygens (including phenoxy) is 2. The zero-order chi connectivity index (χ0) is 14.8. The van der Waals surface area contributed by atoms with Gasteiger partial charge in [0, 0.05) is 12.7 Å². The summed E-state index contributed by atoms with van der Waals surface area (Å²) < 4.78 is 24.0. The van der Waals surface area contributed by atoms with Gasteiger partial charge in [-0.05, 0) is 41.8 Å². The topological polar surface area (TPSA) is 55.8 Å². The Kier molecular flexibility index (Phi) is 7.54. The van der Waals surface area contributed by atoms with E-state index >= 15 is 0 Å². The predicted octanol–water partition coefficient (Wildman–Crippen LogP) is 2.87. The van der Waals surface area contributed by atoms with Crippen LogP contribution in [0.1, 0.15) is 24.5 Å². The second-order valence-corrected chi connectivity index (χ2v) is 4.23. The van der Waals surface area contributed by atoms with Gasteiger partial charge in [0.25, 0.3) is 0 Å². The Labute approximate surface area is 117 Å². The van der Waals surface area contributed by atoms with E-state index in [0.29, 0.717) is 30.9 Å². The molecule has 20 heavy (non-hydrogen) atoms. The maximum Gasteiger partial charge on any atom is 0.328 e. The molecule has 1 rings (SSSR count). The molecule has 1 aromatic rings. The van der Waals surface area contributed by atoms with Crippen LogP contribution in [0.2, 0.25) is 0 Å². The SMILES string of the molecule is CCCOCCOCc1cc(F)cc(C=CC(=O)O)c1. The minimum Gasteiger partial charge on any atom is -0.478 e. The van der Waals surface area contributed by atoms with E-state index in [1.54, 1.807) is 6.07 Å². The molecule has 0 aliphatic carbocycles. The monoisotopic (exact) mass is 282 g/mol. The molecule has 0 saturated heterocycles. The molecular formula is C15H19FO4. The molecule has 4 nitrogen and oxygen atoms in total. The van der Waals surface area contributed by atoms with Crippen LogP contribution >= 0.6 is 0 Å². The van der Waals surface area contributed by atoms with Gasteiger partial charge >= 0.3 is 5.97 Å². The van der Waals surface area contributed by atoms with Gasteiger partial charge < -0.3 is 14.6 Å². The first-order valence-corrected chi connectivity index (χ1v) is 6.47. The maximum absolute atomic E-state index is 13.4. The molecular weight excluding hydrogens is 263 g/mol. The van der Waals surface area contributed by atoms with Crippen molar-refractivity contribution in [2.45, 2.75) is 20.0 Å². The number of aliphatic carboxylic acids is 1. The highest BCUT2D eigenvalue weighted by atomic mass is 19.1. The first-order chi connectivity index (χ1) is 9.61. The Hall–Kier alpha value is -1.72. The molecule has 0 radical (unpaired) electrons. The van der Waals surface area contributed by atoms with Gasteiger partial charge in [-0.3, -0.25) is 0 Å². The molecule has 0 amide bonds. The molecule has 5 heteroatoms. The highest BCUT2D eigenvalue weighted by molar-refractivity contribution is 5.85. The number of hydrogen-bond acceptors (Lipinski definition) is 3. The highest BCUT2D eigenvalue weighted by Gasteiger charge is 2.00. The first kappa shape index (κ1) is 16.3. The summed E-state index contributed by atoms with van der Waals surface area (Å²) in [5, 5.41) is 8.54. The standard InChI is InChI=1S/C15H19FO4/c1-2-5-19-6-7-20-11-13-8-12(3-4-15(17)18)9-14(16)10-13/h3-4,8-10H,2,5-7,11H2,1H3,(H,17,18). The molecule has 0 spiro atoms. The Morgan fingerprint density at radius 1 is 1.25 bits per heavy atom. The number of rotatable bonds is 9. The zero-order valence-electron chi connectivity index (χ0n) is 11.5. The maximum atomic E-state index is 13.4. The zero-order valence-corrected chi connectivity index (χ0v) is 11.5. The van der Waals surface area contributed by atoms with E-state index in [1.807, 2.05) is 6.92 Å². The lowest BCUT2D eigenvalue weighted by molar-refractivity contribution is -0.131. The van der Waals surface area contributed by atoms with E-state index in [0.717, 1.165) is 12.5 Å². The van der Waals surface area contributed by atoms with Gasteiger partial charge in [0.05, 0.1) is 19.8 Å². The second kappa shape index (κ2) is 9.23. The van der Waals surface area contributed by atoms with Crippen LogP contribution in [0.15, 0.2) is 24.3 Å². The van der Waals surface area contributed by atoms with Crippen molar-refractivity contribution < 1.29 is 23.8 Å². The number of carboxylic acid groups (broad SMARTS) is 1. The number of hydrogen-bond donors (Lipinski definition) is 1.